The molecule has 0 aromatic carbocycles. The van der Waals surface area contributed by atoms with Gasteiger partial charge in [-0.2, -0.15) is 35.1 Å². The van der Waals surface area contributed by atoms with E-state index in [4.69, 9.17) is 0 Å². The molecule has 0 radical (unpaired) electrons. The highest BCUT2D eigenvalue weighted by atomic mass is 35.5. The summed E-state index contributed by atoms with van der Waals surface area (Å²) in [5.41, 5.74) is 8.27. The molecule has 0 rings (SSSR count). The average Bonchev–Trinajstić information content (AvgIpc) is 2.16. The highest BCUT2D eigenvalue weighted by Gasteiger charge is 2.79. The largest absolute Gasteiger partial charge is 0.379 e. The van der Waals surface area contributed by atoms with E-state index in [1.54, 1.807) is 0 Å². The maximum atomic E-state index is 12.5. The predicted octanol–water partition coefficient (Wildman–Crippen LogP) is 1.87. The van der Waals surface area contributed by atoms with Crippen molar-refractivity contribution >= 4 is 12.4 Å². The first-order valence-corrected chi connectivity index (χ1v) is 3.79. The monoisotopic (exact) mass is 296 g/mol. The minimum Gasteiger partial charge on any atom is -0.325 e. The summed E-state index contributed by atoms with van der Waals surface area (Å²) in [7, 11) is 0. The Bertz CT molecular complexity index is 230. The van der Waals surface area contributed by atoms with E-state index in [0.29, 0.717) is 0 Å². The van der Waals surface area contributed by atoms with E-state index < -0.39 is 36.8 Å². The van der Waals surface area contributed by atoms with Crippen LogP contribution in [0.1, 0.15) is 0 Å². The molecule has 0 unspecified atom stereocenters. The van der Waals surface area contributed by atoms with Crippen LogP contribution in [0.15, 0.2) is 0 Å². The van der Waals surface area contributed by atoms with Gasteiger partial charge >= 0.3 is 23.7 Å². The van der Waals surface area contributed by atoms with Crippen LogP contribution in [-0.2, 0) is 0 Å². The van der Waals surface area contributed by atoms with Crippen molar-refractivity contribution in [3.05, 3.63) is 0 Å². The Labute approximate surface area is 96.7 Å². The summed E-state index contributed by atoms with van der Waals surface area (Å²) >= 11 is 0. The van der Waals surface area contributed by atoms with Gasteiger partial charge in [-0.25, -0.2) is 0 Å². The minimum atomic E-state index is -6.29. The molecule has 0 atom stereocenters. The molecule has 0 aromatic rings. The van der Waals surface area contributed by atoms with Gasteiger partial charge in [-0.15, -0.1) is 12.4 Å². The Morgan fingerprint density at radius 3 is 0.882 bits per heavy atom. The van der Waals surface area contributed by atoms with Gasteiger partial charge in [-0.05, 0) is 0 Å². The smallest absolute Gasteiger partial charge is 0.325 e. The van der Waals surface area contributed by atoms with Crippen LogP contribution in [0, 0.1) is 0 Å². The molecule has 0 fully saturated rings. The summed E-state index contributed by atoms with van der Waals surface area (Å²) in [6.07, 6.45) is 0. The molecule has 11 heteroatoms. The maximum absolute atomic E-state index is 12.5. The van der Waals surface area contributed by atoms with Gasteiger partial charge in [0.05, 0.1) is 13.1 Å². The van der Waals surface area contributed by atoms with Crippen LogP contribution in [-0.4, -0.2) is 36.8 Å². The number of alkyl halides is 8. The van der Waals surface area contributed by atoms with Gasteiger partial charge in [-0.1, -0.05) is 0 Å². The van der Waals surface area contributed by atoms with Crippen LogP contribution >= 0.6 is 12.4 Å². The van der Waals surface area contributed by atoms with Crippen molar-refractivity contribution in [3.63, 3.8) is 0 Å². The maximum Gasteiger partial charge on any atom is 0.379 e. The molecule has 0 saturated heterocycles. The Kier molecular flexibility index (Phi) is 5.71. The summed E-state index contributed by atoms with van der Waals surface area (Å²) in [5.74, 6) is -23.5. The van der Waals surface area contributed by atoms with Gasteiger partial charge in [0.25, 0.3) is 0 Å². The molecule has 0 heterocycles. The number of halogens is 9. The van der Waals surface area contributed by atoms with Crippen molar-refractivity contribution in [3.8, 4) is 0 Å². The molecule has 106 valence electrons. The summed E-state index contributed by atoms with van der Waals surface area (Å²) in [4.78, 5) is 0. The van der Waals surface area contributed by atoms with Crippen molar-refractivity contribution in [1.29, 1.82) is 0 Å². The van der Waals surface area contributed by atoms with Crippen LogP contribution in [0.2, 0.25) is 0 Å². The van der Waals surface area contributed by atoms with E-state index in [1.165, 1.54) is 0 Å². The van der Waals surface area contributed by atoms with E-state index in [9.17, 15) is 35.1 Å². The second kappa shape index (κ2) is 5.11. The van der Waals surface area contributed by atoms with E-state index in [1.807, 2.05) is 0 Å². The van der Waals surface area contributed by atoms with Gasteiger partial charge in [0.2, 0.25) is 0 Å². The lowest BCUT2D eigenvalue weighted by atomic mass is 9.99. The summed E-state index contributed by atoms with van der Waals surface area (Å²) in [6.45, 7) is -4.40. The second-order valence-corrected chi connectivity index (χ2v) is 2.97. The fourth-order valence-electron chi connectivity index (χ4n) is 0.716. The molecule has 0 aliphatic rings. The van der Waals surface area contributed by atoms with Crippen molar-refractivity contribution in [2.75, 3.05) is 13.1 Å². The Morgan fingerprint density at radius 1 is 0.588 bits per heavy atom. The molecule has 0 amide bonds. The zero-order valence-electron chi connectivity index (χ0n) is 8.00. The van der Waals surface area contributed by atoms with Crippen LogP contribution in [0.3, 0.4) is 0 Å². The van der Waals surface area contributed by atoms with Crippen LogP contribution < -0.4 is 11.5 Å². The first kappa shape index (κ1) is 19.0. The Hall–Kier alpha value is -0.350. The van der Waals surface area contributed by atoms with E-state index in [2.05, 4.69) is 11.5 Å². The fourth-order valence-corrected chi connectivity index (χ4v) is 0.716. The first-order valence-electron chi connectivity index (χ1n) is 3.79. The molecular formula is C6H9ClF8N2. The normalized spacial score (nSPS) is 14.5. The quantitative estimate of drug-likeness (QED) is 0.761. The molecule has 2 nitrogen and oxygen atoms in total. The lowest BCUT2D eigenvalue weighted by molar-refractivity contribution is -0.360. The predicted molar refractivity (Wildman–Crippen MR) is 45.1 cm³/mol. The molecule has 0 aliphatic carbocycles. The van der Waals surface area contributed by atoms with Crippen molar-refractivity contribution in [2.24, 2.45) is 11.5 Å². The molecule has 17 heavy (non-hydrogen) atoms. The van der Waals surface area contributed by atoms with Gasteiger partial charge in [0.15, 0.2) is 0 Å². The molecule has 0 aliphatic heterocycles. The van der Waals surface area contributed by atoms with Crippen LogP contribution in [0.4, 0.5) is 35.1 Å². The third kappa shape index (κ3) is 2.74. The number of rotatable bonds is 5. The van der Waals surface area contributed by atoms with Crippen molar-refractivity contribution in [2.45, 2.75) is 23.7 Å². The second-order valence-electron chi connectivity index (χ2n) is 2.97. The minimum absolute atomic E-state index is 0. The summed E-state index contributed by atoms with van der Waals surface area (Å²) in [5, 5.41) is 0. The van der Waals surface area contributed by atoms with Gasteiger partial charge in [-0.3, -0.25) is 0 Å². The van der Waals surface area contributed by atoms with Crippen molar-refractivity contribution < 1.29 is 35.1 Å². The standard InChI is InChI=1S/C6H8F8N2.ClH/c7-3(8,1-15)5(11,12)6(13,14)4(9,10)2-16;/h1-2,15-16H2;1H. The molecule has 0 spiro atoms. The Morgan fingerprint density at radius 2 is 0.765 bits per heavy atom. The summed E-state index contributed by atoms with van der Waals surface area (Å²) < 4.78 is 99.6. The third-order valence-electron chi connectivity index (χ3n) is 1.83. The lowest BCUT2D eigenvalue weighted by Gasteiger charge is -2.35. The van der Waals surface area contributed by atoms with E-state index in [0.717, 1.165) is 0 Å². The van der Waals surface area contributed by atoms with Gasteiger partial charge in [0, 0.05) is 0 Å². The van der Waals surface area contributed by atoms with Crippen molar-refractivity contribution in [1.82, 2.24) is 0 Å². The molecule has 0 bridgehead atoms. The molecule has 0 saturated carbocycles. The summed E-state index contributed by atoms with van der Waals surface area (Å²) in [6, 6.07) is 0. The van der Waals surface area contributed by atoms with Gasteiger partial charge in [0.1, 0.15) is 0 Å². The lowest BCUT2D eigenvalue weighted by Crippen LogP contribution is -2.65. The zero-order valence-corrected chi connectivity index (χ0v) is 8.82. The number of nitrogens with two attached hydrogens (primary N) is 2. The molecule has 4 N–H and O–H groups in total. The highest BCUT2D eigenvalue weighted by molar-refractivity contribution is 5.85. The fraction of sp³-hybridized carbons (Fsp3) is 1.00. The van der Waals surface area contributed by atoms with Crippen LogP contribution in [0.25, 0.3) is 0 Å². The SMILES string of the molecule is Cl.NCC(F)(F)C(F)(F)C(F)(F)C(F)(F)CN. The third-order valence-corrected chi connectivity index (χ3v) is 1.83. The molecular weight excluding hydrogens is 288 g/mol. The Balaban J connectivity index is 0. The zero-order chi connectivity index (χ0) is 13.4. The van der Waals surface area contributed by atoms with E-state index in [-0.39, 0.29) is 12.4 Å². The average molecular weight is 297 g/mol. The van der Waals surface area contributed by atoms with Crippen LogP contribution in [0.5, 0.6) is 0 Å². The first-order chi connectivity index (χ1) is 6.87. The topological polar surface area (TPSA) is 52.0 Å². The van der Waals surface area contributed by atoms with E-state index >= 15 is 0 Å². The highest BCUT2D eigenvalue weighted by Crippen LogP contribution is 2.51. The van der Waals surface area contributed by atoms with Gasteiger partial charge < -0.3 is 11.5 Å². The number of hydrogen-bond donors (Lipinski definition) is 2. The molecule has 0 aromatic heterocycles. The number of hydrogen-bond acceptors (Lipinski definition) is 2.